The number of carbonyl (C=O) groups excluding carboxylic acids is 1. The van der Waals surface area contributed by atoms with E-state index in [-0.39, 0.29) is 5.91 Å². The zero-order valence-electron chi connectivity index (χ0n) is 15.5. The Morgan fingerprint density at radius 3 is 2.81 bits per heavy atom. The van der Waals surface area contributed by atoms with Gasteiger partial charge in [0.2, 0.25) is 0 Å². The molecule has 6 heteroatoms. The number of hydrogen-bond donors (Lipinski definition) is 0. The van der Waals surface area contributed by atoms with Gasteiger partial charge in [-0.2, -0.15) is 5.10 Å². The van der Waals surface area contributed by atoms with E-state index >= 15 is 0 Å². The summed E-state index contributed by atoms with van der Waals surface area (Å²) in [6.45, 7) is 3.74. The Bertz CT molecular complexity index is 1120. The first-order valence-corrected chi connectivity index (χ1v) is 9.92. The van der Waals surface area contributed by atoms with Crippen molar-refractivity contribution in [3.05, 3.63) is 45.3 Å². The first-order chi connectivity index (χ1) is 13.0. The van der Waals surface area contributed by atoms with Crippen LogP contribution in [-0.2, 0) is 11.8 Å². The predicted octanol–water partition coefficient (Wildman–Crippen LogP) is 4.45. The van der Waals surface area contributed by atoms with Crippen LogP contribution in [0.5, 0.6) is 0 Å². The van der Waals surface area contributed by atoms with Crippen LogP contribution in [0.15, 0.2) is 30.6 Å². The highest BCUT2D eigenvalue weighted by atomic mass is 127. The highest BCUT2D eigenvalue weighted by molar-refractivity contribution is 14.1. The molecule has 0 bridgehead atoms. The van der Waals surface area contributed by atoms with Crippen molar-refractivity contribution >= 4 is 50.9 Å². The second-order valence-corrected chi connectivity index (χ2v) is 8.02. The van der Waals surface area contributed by atoms with Gasteiger partial charge in [0.1, 0.15) is 11.3 Å². The molecule has 0 saturated heterocycles. The van der Waals surface area contributed by atoms with E-state index in [4.69, 9.17) is 0 Å². The van der Waals surface area contributed by atoms with Crippen molar-refractivity contribution in [1.82, 2.24) is 14.8 Å². The molecule has 1 fully saturated rings. The van der Waals surface area contributed by atoms with E-state index < -0.39 is 0 Å². The number of nitrogens with zero attached hydrogens (tertiary/aromatic N) is 4. The number of carbonyl (C=O) groups is 1. The van der Waals surface area contributed by atoms with E-state index in [1.807, 2.05) is 19.3 Å². The highest BCUT2D eigenvalue weighted by Gasteiger charge is 2.31. The molecule has 1 aliphatic carbocycles. The van der Waals surface area contributed by atoms with Gasteiger partial charge < -0.3 is 0 Å². The van der Waals surface area contributed by atoms with E-state index in [1.165, 1.54) is 9.13 Å². The minimum absolute atomic E-state index is 0.268. The van der Waals surface area contributed by atoms with E-state index in [1.54, 1.807) is 22.7 Å². The zero-order valence-corrected chi connectivity index (χ0v) is 17.6. The summed E-state index contributed by atoms with van der Waals surface area (Å²) in [5, 5.41) is 5.32. The molecule has 0 N–H and O–H groups in total. The lowest BCUT2D eigenvalue weighted by Crippen LogP contribution is -2.26. The highest BCUT2D eigenvalue weighted by Crippen LogP contribution is 2.46. The first-order valence-electron chi connectivity index (χ1n) is 8.84. The number of rotatable bonds is 3. The van der Waals surface area contributed by atoms with E-state index in [9.17, 15) is 4.79 Å². The number of benzene rings is 1. The summed E-state index contributed by atoms with van der Waals surface area (Å²) in [4.78, 5) is 19.2. The molecule has 3 aromatic rings. The molecule has 2 heterocycles. The van der Waals surface area contributed by atoms with Crippen molar-refractivity contribution in [1.29, 1.82) is 0 Å². The maximum atomic E-state index is 13.0. The van der Waals surface area contributed by atoms with E-state index in [2.05, 4.69) is 63.6 Å². The Balaban J connectivity index is 1.92. The van der Waals surface area contributed by atoms with Crippen molar-refractivity contribution in [3.8, 4) is 11.8 Å². The molecule has 136 valence electrons. The van der Waals surface area contributed by atoms with Crippen molar-refractivity contribution in [3.63, 3.8) is 0 Å². The molecule has 1 saturated carbocycles. The maximum Gasteiger partial charge on any atom is 0.308 e. The summed E-state index contributed by atoms with van der Waals surface area (Å²) in [5.74, 6) is 6.23. The lowest BCUT2D eigenvalue weighted by atomic mass is 10.0. The van der Waals surface area contributed by atoms with Gasteiger partial charge in [0.25, 0.3) is 0 Å². The van der Waals surface area contributed by atoms with Crippen LogP contribution in [0.3, 0.4) is 0 Å². The molecule has 5 nitrogen and oxygen atoms in total. The molecule has 1 aliphatic rings. The van der Waals surface area contributed by atoms with Crippen LogP contribution in [-0.4, -0.2) is 20.7 Å². The van der Waals surface area contributed by atoms with Gasteiger partial charge in [-0.1, -0.05) is 5.92 Å². The molecular weight excluding hydrogens is 451 g/mol. The zero-order chi connectivity index (χ0) is 19.1. The minimum Gasteiger partial charge on any atom is -0.275 e. The molecule has 0 unspecified atom stereocenters. The summed E-state index contributed by atoms with van der Waals surface area (Å²) >= 11 is 2.36. The van der Waals surface area contributed by atoms with Gasteiger partial charge in [-0.05, 0) is 90.4 Å². The Morgan fingerprint density at radius 1 is 1.33 bits per heavy atom. The van der Waals surface area contributed by atoms with Gasteiger partial charge in [0.15, 0.2) is 0 Å². The number of anilines is 2. The third kappa shape index (κ3) is 3.44. The number of pyridine rings is 1. The van der Waals surface area contributed by atoms with Gasteiger partial charge in [-0.25, -0.2) is 4.98 Å². The van der Waals surface area contributed by atoms with Crippen LogP contribution >= 0.6 is 22.6 Å². The van der Waals surface area contributed by atoms with Crippen LogP contribution in [0.2, 0.25) is 0 Å². The summed E-state index contributed by atoms with van der Waals surface area (Å²) in [7, 11) is 1.87. The first kappa shape index (κ1) is 18.0. The second kappa shape index (κ2) is 6.97. The normalized spacial score (nSPS) is 13.3. The molecule has 0 radical (unpaired) electrons. The molecule has 0 spiro atoms. The quantitative estimate of drug-likeness (QED) is 0.420. The van der Waals surface area contributed by atoms with E-state index in [0.29, 0.717) is 11.7 Å². The number of aryl methyl sites for hydroxylation is 2. The fourth-order valence-electron chi connectivity index (χ4n) is 3.26. The fraction of sp³-hybridized carbons (Fsp3) is 0.286. The maximum absolute atomic E-state index is 13.0. The van der Waals surface area contributed by atoms with Crippen LogP contribution in [0, 0.1) is 22.3 Å². The third-order valence-electron chi connectivity index (χ3n) is 4.72. The van der Waals surface area contributed by atoms with Crippen molar-refractivity contribution < 1.29 is 4.79 Å². The third-order valence-corrected chi connectivity index (χ3v) is 5.88. The number of hydrogen-bond acceptors (Lipinski definition) is 3. The molecule has 0 atom stereocenters. The lowest BCUT2D eigenvalue weighted by Gasteiger charge is -2.23. The molecule has 27 heavy (non-hydrogen) atoms. The van der Waals surface area contributed by atoms with Crippen LogP contribution in [0.4, 0.5) is 11.5 Å². The van der Waals surface area contributed by atoms with Crippen LogP contribution in [0.25, 0.3) is 10.9 Å². The Hall–Kier alpha value is -2.40. The molecule has 1 aromatic carbocycles. The second-order valence-electron chi connectivity index (χ2n) is 6.85. The number of halogens is 1. The predicted molar refractivity (Wildman–Crippen MR) is 115 cm³/mol. The largest absolute Gasteiger partial charge is 0.308 e. The molecular formula is C21H19IN4O. The topological polar surface area (TPSA) is 51.0 Å². The van der Waals surface area contributed by atoms with Crippen molar-refractivity contribution in [2.24, 2.45) is 7.05 Å². The summed E-state index contributed by atoms with van der Waals surface area (Å²) < 4.78 is 2.96. The smallest absolute Gasteiger partial charge is 0.275 e. The minimum atomic E-state index is -0.268. The molecule has 0 aliphatic heterocycles. The monoisotopic (exact) mass is 470 g/mol. The van der Waals surface area contributed by atoms with Gasteiger partial charge >= 0.3 is 5.91 Å². The van der Waals surface area contributed by atoms with Crippen molar-refractivity contribution in [2.75, 3.05) is 4.90 Å². The fourth-order valence-corrected chi connectivity index (χ4v) is 3.75. The van der Waals surface area contributed by atoms with Gasteiger partial charge in [0.05, 0.1) is 11.9 Å². The average Bonchev–Trinajstić information content (AvgIpc) is 3.39. The lowest BCUT2D eigenvalue weighted by molar-refractivity contribution is -0.112. The summed E-state index contributed by atoms with van der Waals surface area (Å²) in [6, 6.07) is 6.19. The summed E-state index contributed by atoms with van der Waals surface area (Å²) in [6.07, 6.45) is 5.95. The number of aromatic nitrogens is 3. The number of fused-ring (bicyclic) bond motifs is 1. The average molecular weight is 470 g/mol. The summed E-state index contributed by atoms with van der Waals surface area (Å²) in [5.41, 5.74) is 4.03. The van der Waals surface area contributed by atoms with Crippen LogP contribution < -0.4 is 4.90 Å². The van der Waals surface area contributed by atoms with Crippen LogP contribution in [0.1, 0.15) is 36.8 Å². The Morgan fingerprint density at radius 2 is 2.11 bits per heavy atom. The molecule has 2 aromatic heterocycles. The van der Waals surface area contributed by atoms with Gasteiger partial charge in [-0.3, -0.25) is 14.4 Å². The number of amides is 1. The van der Waals surface area contributed by atoms with Gasteiger partial charge in [0, 0.05) is 22.2 Å². The van der Waals surface area contributed by atoms with Crippen molar-refractivity contribution in [2.45, 2.75) is 32.6 Å². The standard InChI is InChI=1S/C21H19IN4O/c1-4-5-21(27)26(20-9-15-12-25(3)24-18(15)11-23-20)19-8-13(2)17(22)10-16(19)14-6-7-14/h8-12,14H,6-7H2,1-3H3. The molecule has 1 amide bonds. The van der Waals surface area contributed by atoms with E-state index in [0.717, 1.165) is 35.0 Å². The molecule has 4 rings (SSSR count). The van der Waals surface area contributed by atoms with Gasteiger partial charge in [-0.15, -0.1) is 0 Å². The Kier molecular flexibility index (Phi) is 4.64. The SMILES string of the molecule is CC#CC(=O)N(c1cc2cn(C)nc2cn1)c1cc(C)c(I)cc1C1CC1. The Labute approximate surface area is 171 Å².